The Kier molecular flexibility index (Phi) is 4.64. The van der Waals surface area contributed by atoms with E-state index in [4.69, 9.17) is 10.2 Å². The molecule has 4 nitrogen and oxygen atoms in total. The first kappa shape index (κ1) is 14.1. The van der Waals surface area contributed by atoms with Crippen molar-refractivity contribution in [2.24, 2.45) is 11.1 Å². The van der Waals surface area contributed by atoms with Crippen LogP contribution in [0.3, 0.4) is 0 Å². The van der Waals surface area contributed by atoms with E-state index in [1.807, 2.05) is 19.1 Å². The van der Waals surface area contributed by atoms with E-state index in [-0.39, 0.29) is 17.4 Å². The highest BCUT2D eigenvalue weighted by Crippen LogP contribution is 2.35. The Hall–Kier alpha value is -1.29. The molecule has 1 unspecified atom stereocenters. The summed E-state index contributed by atoms with van der Waals surface area (Å²) in [5, 5.41) is 3.06. The highest BCUT2D eigenvalue weighted by Gasteiger charge is 2.37. The standard InChI is InChI=1S/C15H24N2O2/c1-12(13-7-6-10-19-13)17-14(18)15(11-16)8-4-2-3-5-9-15/h6-7,10,12H,2-5,8-9,11,16H2,1H3,(H,17,18). The number of furan rings is 1. The molecule has 1 aliphatic rings. The fraction of sp³-hybridized carbons (Fsp3) is 0.667. The Bertz CT molecular complexity index is 392. The van der Waals surface area contributed by atoms with E-state index in [2.05, 4.69) is 5.32 Å². The number of rotatable bonds is 4. The molecule has 0 aromatic carbocycles. The van der Waals surface area contributed by atoms with E-state index in [0.29, 0.717) is 6.54 Å². The molecule has 1 fully saturated rings. The SMILES string of the molecule is CC(NC(=O)C1(CN)CCCCCC1)c1ccco1. The first-order valence-electron chi connectivity index (χ1n) is 7.22. The lowest BCUT2D eigenvalue weighted by Crippen LogP contribution is -2.46. The quantitative estimate of drug-likeness (QED) is 0.822. The van der Waals surface area contributed by atoms with Crippen molar-refractivity contribution < 1.29 is 9.21 Å². The molecule has 1 atom stereocenters. The van der Waals surface area contributed by atoms with Gasteiger partial charge in [0.15, 0.2) is 0 Å². The molecule has 2 rings (SSSR count). The van der Waals surface area contributed by atoms with Gasteiger partial charge < -0.3 is 15.5 Å². The number of carbonyl (C=O) groups is 1. The summed E-state index contributed by atoms with van der Waals surface area (Å²) in [7, 11) is 0. The minimum Gasteiger partial charge on any atom is -0.467 e. The lowest BCUT2D eigenvalue weighted by molar-refractivity contribution is -0.132. The second kappa shape index (κ2) is 6.24. The third-order valence-electron chi connectivity index (χ3n) is 4.25. The van der Waals surface area contributed by atoms with Crippen molar-refractivity contribution in [3.8, 4) is 0 Å². The first-order valence-corrected chi connectivity index (χ1v) is 7.22. The van der Waals surface area contributed by atoms with Crippen molar-refractivity contribution in [3.63, 3.8) is 0 Å². The van der Waals surface area contributed by atoms with Gasteiger partial charge in [0.25, 0.3) is 0 Å². The van der Waals surface area contributed by atoms with E-state index < -0.39 is 0 Å². The Morgan fingerprint density at radius 1 is 1.42 bits per heavy atom. The number of hydrogen-bond acceptors (Lipinski definition) is 3. The van der Waals surface area contributed by atoms with Crippen molar-refractivity contribution in [1.82, 2.24) is 5.32 Å². The Balaban J connectivity index is 2.03. The highest BCUT2D eigenvalue weighted by molar-refractivity contribution is 5.83. The lowest BCUT2D eigenvalue weighted by atomic mass is 9.79. The van der Waals surface area contributed by atoms with Gasteiger partial charge in [-0.05, 0) is 31.9 Å². The van der Waals surface area contributed by atoms with Gasteiger partial charge in [0.05, 0.1) is 17.7 Å². The van der Waals surface area contributed by atoms with Crippen LogP contribution >= 0.6 is 0 Å². The largest absolute Gasteiger partial charge is 0.467 e. The average Bonchev–Trinajstić information content (AvgIpc) is 2.84. The monoisotopic (exact) mass is 264 g/mol. The van der Waals surface area contributed by atoms with Crippen LogP contribution in [0.2, 0.25) is 0 Å². The molecule has 1 aliphatic carbocycles. The van der Waals surface area contributed by atoms with Crippen LogP contribution in [0.1, 0.15) is 57.3 Å². The molecular weight excluding hydrogens is 240 g/mol. The molecule has 0 saturated heterocycles. The Labute approximate surface area is 114 Å². The molecule has 0 radical (unpaired) electrons. The van der Waals surface area contributed by atoms with E-state index in [0.717, 1.165) is 31.4 Å². The number of carbonyl (C=O) groups excluding carboxylic acids is 1. The van der Waals surface area contributed by atoms with Crippen molar-refractivity contribution in [1.29, 1.82) is 0 Å². The van der Waals surface area contributed by atoms with Crippen LogP contribution < -0.4 is 11.1 Å². The number of hydrogen-bond donors (Lipinski definition) is 2. The molecule has 0 aliphatic heterocycles. The van der Waals surface area contributed by atoms with Crippen LogP contribution in [0.25, 0.3) is 0 Å². The number of amides is 1. The highest BCUT2D eigenvalue weighted by atomic mass is 16.3. The minimum atomic E-state index is -0.378. The van der Waals surface area contributed by atoms with Crippen molar-refractivity contribution in [3.05, 3.63) is 24.2 Å². The fourth-order valence-electron chi connectivity index (χ4n) is 2.89. The maximum Gasteiger partial charge on any atom is 0.228 e. The number of nitrogens with one attached hydrogen (secondary N) is 1. The van der Waals surface area contributed by atoms with Gasteiger partial charge in [-0.15, -0.1) is 0 Å². The maximum atomic E-state index is 12.6. The van der Waals surface area contributed by atoms with Gasteiger partial charge >= 0.3 is 0 Å². The maximum absolute atomic E-state index is 12.6. The van der Waals surface area contributed by atoms with Crippen LogP contribution in [0, 0.1) is 5.41 Å². The zero-order valence-electron chi connectivity index (χ0n) is 11.7. The third kappa shape index (κ3) is 3.18. The molecule has 1 aromatic rings. The molecule has 0 spiro atoms. The molecule has 106 valence electrons. The van der Waals surface area contributed by atoms with Crippen molar-refractivity contribution in [2.45, 2.75) is 51.5 Å². The molecular formula is C15H24N2O2. The van der Waals surface area contributed by atoms with E-state index in [9.17, 15) is 4.79 Å². The Morgan fingerprint density at radius 3 is 2.63 bits per heavy atom. The zero-order valence-corrected chi connectivity index (χ0v) is 11.7. The van der Waals surface area contributed by atoms with Gasteiger partial charge in [0, 0.05) is 6.54 Å². The van der Waals surface area contributed by atoms with Crippen LogP contribution in [0.5, 0.6) is 0 Å². The van der Waals surface area contributed by atoms with Gasteiger partial charge in [-0.25, -0.2) is 0 Å². The normalized spacial score (nSPS) is 20.5. The molecule has 1 aromatic heterocycles. The Morgan fingerprint density at radius 2 is 2.11 bits per heavy atom. The molecule has 3 N–H and O–H groups in total. The third-order valence-corrected chi connectivity index (χ3v) is 4.25. The summed E-state index contributed by atoms with van der Waals surface area (Å²) in [5.74, 6) is 0.870. The van der Waals surface area contributed by atoms with Gasteiger partial charge in [0.1, 0.15) is 5.76 Å². The van der Waals surface area contributed by atoms with Gasteiger partial charge in [0.2, 0.25) is 5.91 Å². The molecule has 19 heavy (non-hydrogen) atoms. The summed E-state index contributed by atoms with van der Waals surface area (Å²) in [5.41, 5.74) is 5.54. The molecule has 4 heteroatoms. The molecule has 1 heterocycles. The van der Waals surface area contributed by atoms with Crippen LogP contribution in [-0.2, 0) is 4.79 Å². The van der Waals surface area contributed by atoms with E-state index >= 15 is 0 Å². The fourth-order valence-corrected chi connectivity index (χ4v) is 2.89. The van der Waals surface area contributed by atoms with Crippen molar-refractivity contribution in [2.75, 3.05) is 6.54 Å². The van der Waals surface area contributed by atoms with Crippen molar-refractivity contribution >= 4 is 5.91 Å². The summed E-state index contributed by atoms with van der Waals surface area (Å²) in [6.45, 7) is 2.38. The summed E-state index contributed by atoms with van der Waals surface area (Å²) < 4.78 is 5.33. The summed E-state index contributed by atoms with van der Waals surface area (Å²) in [6.07, 6.45) is 8.05. The van der Waals surface area contributed by atoms with E-state index in [1.54, 1.807) is 6.26 Å². The molecule has 1 amide bonds. The smallest absolute Gasteiger partial charge is 0.228 e. The van der Waals surface area contributed by atoms with Crippen LogP contribution in [-0.4, -0.2) is 12.5 Å². The molecule has 0 bridgehead atoms. The minimum absolute atomic E-state index is 0.0841. The van der Waals surface area contributed by atoms with Gasteiger partial charge in [-0.1, -0.05) is 25.7 Å². The molecule has 1 saturated carbocycles. The van der Waals surface area contributed by atoms with Crippen LogP contribution in [0.4, 0.5) is 0 Å². The predicted octanol–water partition coefficient (Wildman–Crippen LogP) is 2.76. The summed E-state index contributed by atoms with van der Waals surface area (Å²) >= 11 is 0. The van der Waals surface area contributed by atoms with Gasteiger partial charge in [-0.3, -0.25) is 4.79 Å². The van der Waals surface area contributed by atoms with E-state index in [1.165, 1.54) is 12.8 Å². The zero-order chi connectivity index (χ0) is 13.7. The first-order chi connectivity index (χ1) is 9.18. The second-order valence-electron chi connectivity index (χ2n) is 5.61. The number of nitrogens with two attached hydrogens (primary N) is 1. The summed E-state index contributed by atoms with van der Waals surface area (Å²) in [4.78, 5) is 12.6. The lowest BCUT2D eigenvalue weighted by Gasteiger charge is -2.31. The average molecular weight is 264 g/mol. The summed E-state index contributed by atoms with van der Waals surface area (Å²) in [6, 6.07) is 3.62. The van der Waals surface area contributed by atoms with Crippen LogP contribution in [0.15, 0.2) is 22.8 Å². The topological polar surface area (TPSA) is 68.3 Å². The predicted molar refractivity (Wildman–Crippen MR) is 74.5 cm³/mol. The second-order valence-corrected chi connectivity index (χ2v) is 5.61. The van der Waals surface area contributed by atoms with Gasteiger partial charge in [-0.2, -0.15) is 0 Å².